The van der Waals surface area contributed by atoms with Crippen LogP contribution in [-0.2, 0) is 17.6 Å². The number of thiophene rings is 1. The topological polar surface area (TPSA) is 46.1 Å². The summed E-state index contributed by atoms with van der Waals surface area (Å²) in [4.78, 5) is 25.7. The number of carbonyl (C=O) groups is 1. The van der Waals surface area contributed by atoms with E-state index < -0.39 is 0 Å². The summed E-state index contributed by atoms with van der Waals surface area (Å²) in [6.45, 7) is 3.60. The van der Waals surface area contributed by atoms with Crippen LogP contribution < -0.4 is 4.90 Å². The lowest BCUT2D eigenvalue weighted by molar-refractivity contribution is -0.122. The Kier molecular flexibility index (Phi) is 3.17. The molecule has 0 bridgehead atoms. The zero-order valence-corrected chi connectivity index (χ0v) is 13.1. The Labute approximate surface area is 128 Å². The van der Waals surface area contributed by atoms with E-state index in [1.54, 1.807) is 6.33 Å². The van der Waals surface area contributed by atoms with E-state index in [4.69, 9.17) is 0 Å². The quantitative estimate of drug-likeness (QED) is 0.812. The Morgan fingerprint density at radius 3 is 2.95 bits per heavy atom. The number of hydrogen-bond donors (Lipinski definition) is 0. The first-order chi connectivity index (χ1) is 10.2. The summed E-state index contributed by atoms with van der Waals surface area (Å²) >= 11 is 1.83. The van der Waals surface area contributed by atoms with Crippen LogP contribution in [0.25, 0.3) is 10.2 Å². The monoisotopic (exact) mass is 301 g/mol. The van der Waals surface area contributed by atoms with Crippen LogP contribution in [0.1, 0.15) is 36.6 Å². The van der Waals surface area contributed by atoms with Crippen LogP contribution in [0.3, 0.4) is 0 Å². The standard InChI is InChI=1S/C16H19N3OS/c1-10-8-19(7-6-12(10)20)15-14-11-4-2-3-5-13(11)21-16(14)18-9-17-15/h9-10H,2-8H2,1H3. The molecule has 0 radical (unpaired) electrons. The van der Waals surface area contributed by atoms with E-state index in [1.165, 1.54) is 35.1 Å². The molecular formula is C16H19N3OS. The number of aromatic nitrogens is 2. The van der Waals surface area contributed by atoms with Gasteiger partial charge in [-0.3, -0.25) is 4.79 Å². The van der Waals surface area contributed by atoms with Gasteiger partial charge in [-0.05, 0) is 31.2 Å². The van der Waals surface area contributed by atoms with Crippen LogP contribution in [-0.4, -0.2) is 28.8 Å². The maximum Gasteiger partial charge on any atom is 0.141 e. The van der Waals surface area contributed by atoms with Gasteiger partial charge in [0.05, 0.1) is 5.39 Å². The molecule has 4 rings (SSSR count). The molecule has 0 aromatic carbocycles. The molecule has 1 fully saturated rings. The van der Waals surface area contributed by atoms with Crippen molar-refractivity contribution in [2.75, 3.05) is 18.0 Å². The van der Waals surface area contributed by atoms with Gasteiger partial charge < -0.3 is 4.90 Å². The molecule has 110 valence electrons. The third-order valence-corrected chi connectivity index (χ3v) is 5.90. The van der Waals surface area contributed by atoms with Crippen molar-refractivity contribution in [1.29, 1.82) is 0 Å². The molecule has 5 heteroatoms. The van der Waals surface area contributed by atoms with Gasteiger partial charge in [-0.1, -0.05) is 6.92 Å². The molecule has 2 aromatic heterocycles. The second-order valence-electron chi connectivity index (χ2n) is 6.15. The maximum atomic E-state index is 11.8. The summed E-state index contributed by atoms with van der Waals surface area (Å²) in [6, 6.07) is 0. The van der Waals surface area contributed by atoms with Crippen LogP contribution >= 0.6 is 11.3 Å². The lowest BCUT2D eigenvalue weighted by Gasteiger charge is -2.31. The number of nitrogens with zero attached hydrogens (tertiary/aromatic N) is 3. The van der Waals surface area contributed by atoms with Crippen molar-refractivity contribution in [2.45, 2.75) is 39.0 Å². The molecule has 1 aliphatic heterocycles. The van der Waals surface area contributed by atoms with Crippen LogP contribution in [0.4, 0.5) is 5.82 Å². The van der Waals surface area contributed by atoms with Gasteiger partial charge in [0.25, 0.3) is 0 Å². The predicted octanol–water partition coefficient (Wildman–Crippen LogP) is 2.99. The van der Waals surface area contributed by atoms with Gasteiger partial charge in [-0.15, -0.1) is 11.3 Å². The number of fused-ring (bicyclic) bond motifs is 3. The summed E-state index contributed by atoms with van der Waals surface area (Å²) < 4.78 is 0. The summed E-state index contributed by atoms with van der Waals surface area (Å²) in [5, 5.41) is 1.26. The minimum absolute atomic E-state index is 0.109. The smallest absolute Gasteiger partial charge is 0.141 e. The van der Waals surface area contributed by atoms with Crippen LogP contribution in [0.15, 0.2) is 6.33 Å². The zero-order valence-electron chi connectivity index (χ0n) is 12.3. The van der Waals surface area contributed by atoms with E-state index in [2.05, 4.69) is 14.9 Å². The highest BCUT2D eigenvalue weighted by Crippen LogP contribution is 2.39. The number of piperidine rings is 1. The molecule has 0 saturated carbocycles. The van der Waals surface area contributed by atoms with Crippen LogP contribution in [0.2, 0.25) is 0 Å². The first kappa shape index (κ1) is 13.2. The van der Waals surface area contributed by atoms with Crippen LogP contribution in [0, 0.1) is 5.92 Å². The summed E-state index contributed by atoms with van der Waals surface area (Å²) in [6.07, 6.45) is 7.21. The maximum absolute atomic E-state index is 11.8. The molecule has 1 saturated heterocycles. The van der Waals surface area contributed by atoms with Gasteiger partial charge in [0, 0.05) is 30.3 Å². The van der Waals surface area contributed by atoms with E-state index in [1.807, 2.05) is 18.3 Å². The van der Waals surface area contributed by atoms with Crippen molar-refractivity contribution >= 4 is 33.2 Å². The van der Waals surface area contributed by atoms with Crippen molar-refractivity contribution in [3.05, 3.63) is 16.8 Å². The molecule has 21 heavy (non-hydrogen) atoms. The Bertz CT molecular complexity index is 709. The molecule has 2 aromatic rings. The van der Waals surface area contributed by atoms with E-state index in [-0.39, 0.29) is 5.92 Å². The first-order valence-electron chi connectivity index (χ1n) is 7.77. The van der Waals surface area contributed by atoms with Crippen molar-refractivity contribution in [2.24, 2.45) is 5.92 Å². The number of anilines is 1. The lowest BCUT2D eigenvalue weighted by atomic mass is 9.95. The summed E-state index contributed by atoms with van der Waals surface area (Å²) in [5.74, 6) is 1.54. The molecule has 0 N–H and O–H groups in total. The van der Waals surface area contributed by atoms with E-state index in [0.29, 0.717) is 12.2 Å². The highest BCUT2D eigenvalue weighted by atomic mass is 32.1. The molecule has 4 nitrogen and oxygen atoms in total. The number of aryl methyl sites for hydroxylation is 2. The normalized spacial score (nSPS) is 22.6. The first-order valence-corrected chi connectivity index (χ1v) is 8.58. The van der Waals surface area contributed by atoms with E-state index >= 15 is 0 Å². The minimum atomic E-state index is 0.109. The van der Waals surface area contributed by atoms with E-state index in [9.17, 15) is 4.79 Å². The fraction of sp³-hybridized carbons (Fsp3) is 0.562. The van der Waals surface area contributed by atoms with Crippen molar-refractivity contribution in [3.63, 3.8) is 0 Å². The molecular weight excluding hydrogens is 282 g/mol. The molecule has 1 atom stereocenters. The van der Waals surface area contributed by atoms with E-state index in [0.717, 1.165) is 30.2 Å². The van der Waals surface area contributed by atoms with Crippen molar-refractivity contribution in [3.8, 4) is 0 Å². The Morgan fingerprint density at radius 1 is 1.24 bits per heavy atom. The number of Topliss-reactive ketones (excluding diaryl/α,β-unsaturated/α-hetero) is 1. The second kappa shape index (κ2) is 5.05. The van der Waals surface area contributed by atoms with Crippen molar-refractivity contribution < 1.29 is 4.79 Å². The zero-order chi connectivity index (χ0) is 14.4. The average Bonchev–Trinajstić information content (AvgIpc) is 2.88. The van der Waals surface area contributed by atoms with Gasteiger partial charge in [0.2, 0.25) is 0 Å². The lowest BCUT2D eigenvalue weighted by Crippen LogP contribution is -2.40. The predicted molar refractivity (Wildman–Crippen MR) is 85.1 cm³/mol. The summed E-state index contributed by atoms with van der Waals surface area (Å²) in [5.41, 5.74) is 1.47. The number of carbonyl (C=O) groups excluding carboxylic acids is 1. The molecule has 1 unspecified atom stereocenters. The van der Waals surface area contributed by atoms with Gasteiger partial charge in [-0.25, -0.2) is 9.97 Å². The number of rotatable bonds is 1. The molecule has 3 heterocycles. The Morgan fingerprint density at radius 2 is 2.10 bits per heavy atom. The fourth-order valence-corrected chi connectivity index (χ4v) is 4.74. The largest absolute Gasteiger partial charge is 0.355 e. The molecule has 0 amide bonds. The second-order valence-corrected chi connectivity index (χ2v) is 7.24. The average molecular weight is 301 g/mol. The highest BCUT2D eigenvalue weighted by Gasteiger charge is 2.28. The molecule has 1 aliphatic carbocycles. The third kappa shape index (κ3) is 2.14. The third-order valence-electron chi connectivity index (χ3n) is 4.70. The molecule has 2 aliphatic rings. The minimum Gasteiger partial charge on any atom is -0.355 e. The SMILES string of the molecule is CC1CN(c2ncnc3sc4c(c23)CCCC4)CCC1=O. The fourth-order valence-electron chi connectivity index (χ4n) is 3.52. The van der Waals surface area contributed by atoms with Gasteiger partial charge in [0.1, 0.15) is 22.8 Å². The Balaban J connectivity index is 1.81. The van der Waals surface area contributed by atoms with Gasteiger partial charge >= 0.3 is 0 Å². The van der Waals surface area contributed by atoms with Gasteiger partial charge in [0.15, 0.2) is 0 Å². The summed E-state index contributed by atoms with van der Waals surface area (Å²) in [7, 11) is 0. The Hall–Kier alpha value is -1.49. The van der Waals surface area contributed by atoms with Crippen molar-refractivity contribution in [1.82, 2.24) is 9.97 Å². The van der Waals surface area contributed by atoms with Crippen LogP contribution in [0.5, 0.6) is 0 Å². The van der Waals surface area contributed by atoms with Gasteiger partial charge in [-0.2, -0.15) is 0 Å². The highest BCUT2D eigenvalue weighted by molar-refractivity contribution is 7.19. The number of ketones is 1. The molecule has 0 spiro atoms. The number of hydrogen-bond acceptors (Lipinski definition) is 5.